The molecule has 0 saturated carbocycles. The zero-order chi connectivity index (χ0) is 29.5. The van der Waals surface area contributed by atoms with Crippen LogP contribution in [-0.4, -0.2) is 14.5 Å². The maximum atomic E-state index is 5.15. The minimum atomic E-state index is 0.679. The second kappa shape index (κ2) is 9.57. The smallest absolute Gasteiger partial charge is 0.235 e. The molecule has 45 heavy (non-hydrogen) atoms. The van der Waals surface area contributed by atoms with E-state index in [2.05, 4.69) is 132 Å². The quantitative estimate of drug-likeness (QED) is 0.199. The van der Waals surface area contributed by atoms with Crippen LogP contribution in [0.5, 0.6) is 0 Å². The molecule has 3 nitrogen and oxygen atoms in total. The van der Waals surface area contributed by atoms with Crippen molar-refractivity contribution in [2.75, 3.05) is 0 Å². The van der Waals surface area contributed by atoms with Gasteiger partial charge in [-0.3, -0.25) is 4.57 Å². The van der Waals surface area contributed by atoms with E-state index in [1.165, 1.54) is 62.2 Å². The molecule has 210 valence electrons. The molecule has 0 atom stereocenters. The number of aromatic nitrogens is 3. The number of fused-ring (bicyclic) bond motifs is 10. The van der Waals surface area contributed by atoms with Gasteiger partial charge in [-0.25, -0.2) is 9.97 Å². The monoisotopic (exact) mass is 609 g/mol. The average molecular weight is 610 g/mol. The van der Waals surface area contributed by atoms with E-state index in [4.69, 9.17) is 9.97 Å². The van der Waals surface area contributed by atoms with Crippen LogP contribution >= 0.6 is 22.7 Å². The highest BCUT2D eigenvalue weighted by atomic mass is 32.1. The number of thiophene rings is 2. The van der Waals surface area contributed by atoms with E-state index in [0.29, 0.717) is 5.95 Å². The van der Waals surface area contributed by atoms with Gasteiger partial charge in [-0.15, -0.1) is 22.7 Å². The Bertz CT molecular complexity index is 2760. The average Bonchev–Trinajstić information content (AvgIpc) is 3.78. The van der Waals surface area contributed by atoms with Gasteiger partial charge in [0.2, 0.25) is 5.95 Å². The number of rotatable bonds is 3. The van der Waals surface area contributed by atoms with E-state index in [0.717, 1.165) is 22.3 Å². The summed E-state index contributed by atoms with van der Waals surface area (Å²) in [6.07, 6.45) is 1.88. The lowest BCUT2D eigenvalue weighted by Gasteiger charge is -2.09. The molecule has 6 aromatic carbocycles. The second-order valence-electron chi connectivity index (χ2n) is 11.4. The molecule has 0 radical (unpaired) electrons. The van der Waals surface area contributed by atoms with Crippen LogP contribution in [0.25, 0.3) is 90.5 Å². The first kappa shape index (κ1) is 25.0. The van der Waals surface area contributed by atoms with Gasteiger partial charge in [-0.2, -0.15) is 0 Å². The fourth-order valence-electron chi connectivity index (χ4n) is 6.86. The van der Waals surface area contributed by atoms with E-state index in [-0.39, 0.29) is 0 Å². The van der Waals surface area contributed by atoms with Gasteiger partial charge in [0.05, 0.1) is 16.7 Å². The Kier molecular flexibility index (Phi) is 5.32. The Labute approximate surface area is 266 Å². The number of benzene rings is 6. The lowest BCUT2D eigenvalue weighted by atomic mass is 10.0. The van der Waals surface area contributed by atoms with Crippen molar-refractivity contribution in [3.8, 4) is 28.3 Å². The molecule has 0 unspecified atom stereocenters. The van der Waals surface area contributed by atoms with E-state index in [9.17, 15) is 0 Å². The molecule has 4 heterocycles. The van der Waals surface area contributed by atoms with Crippen molar-refractivity contribution < 1.29 is 0 Å². The largest absolute Gasteiger partial charge is 0.278 e. The summed E-state index contributed by atoms with van der Waals surface area (Å²) in [7, 11) is 0. The van der Waals surface area contributed by atoms with Crippen molar-refractivity contribution in [1.82, 2.24) is 14.5 Å². The molecule has 0 saturated heterocycles. The Morgan fingerprint density at radius 2 is 1.11 bits per heavy atom. The fourth-order valence-corrected chi connectivity index (χ4v) is 9.36. The molecule has 4 aromatic heterocycles. The summed E-state index contributed by atoms with van der Waals surface area (Å²) in [5.41, 5.74) is 6.68. The molecule has 0 bridgehead atoms. The SMILES string of the molecule is c1ccc2c(c1)sc1c(-c3ccc(-c4ccnc(-n5c6ccccc6c6c7sc8ccccc8c7ccc65)n4)cc3)cccc12. The van der Waals surface area contributed by atoms with Gasteiger partial charge >= 0.3 is 0 Å². The van der Waals surface area contributed by atoms with Crippen molar-refractivity contribution in [2.24, 2.45) is 0 Å². The zero-order valence-corrected chi connectivity index (χ0v) is 25.6. The highest BCUT2D eigenvalue weighted by Crippen LogP contribution is 2.43. The molecule has 0 spiro atoms. The van der Waals surface area contributed by atoms with Crippen molar-refractivity contribution >= 4 is 84.8 Å². The van der Waals surface area contributed by atoms with Crippen LogP contribution in [0.15, 0.2) is 140 Å². The number of hydrogen-bond donors (Lipinski definition) is 0. The molecule has 10 rings (SSSR count). The van der Waals surface area contributed by atoms with Crippen LogP contribution in [0.3, 0.4) is 0 Å². The first-order chi connectivity index (χ1) is 22.3. The van der Waals surface area contributed by atoms with Crippen LogP contribution in [0, 0.1) is 0 Å². The van der Waals surface area contributed by atoms with E-state index in [1.54, 1.807) is 0 Å². The van der Waals surface area contributed by atoms with E-state index in [1.807, 2.05) is 34.9 Å². The summed E-state index contributed by atoms with van der Waals surface area (Å²) in [6.45, 7) is 0. The van der Waals surface area contributed by atoms with Crippen LogP contribution in [0.4, 0.5) is 0 Å². The van der Waals surface area contributed by atoms with Crippen LogP contribution in [0.2, 0.25) is 0 Å². The minimum absolute atomic E-state index is 0.679. The lowest BCUT2D eigenvalue weighted by Crippen LogP contribution is -2.01. The van der Waals surface area contributed by atoms with Gasteiger partial charge in [0.1, 0.15) is 0 Å². The fraction of sp³-hybridized carbons (Fsp3) is 0. The molecule has 0 fully saturated rings. The summed E-state index contributed by atoms with van der Waals surface area (Å²) in [6, 6.07) is 47.9. The Balaban J connectivity index is 1.11. The third-order valence-corrected chi connectivity index (χ3v) is 11.3. The highest BCUT2D eigenvalue weighted by molar-refractivity contribution is 7.27. The van der Waals surface area contributed by atoms with Gasteiger partial charge in [0.15, 0.2) is 0 Å². The van der Waals surface area contributed by atoms with Gasteiger partial charge in [-0.05, 0) is 41.5 Å². The third kappa shape index (κ3) is 3.69. The second-order valence-corrected chi connectivity index (χ2v) is 13.5. The Morgan fingerprint density at radius 3 is 1.91 bits per heavy atom. The summed E-state index contributed by atoms with van der Waals surface area (Å²) < 4.78 is 7.48. The topological polar surface area (TPSA) is 30.7 Å². The standard InChI is InChI=1S/C40H23N3S2/c1-4-13-33-31(10-1)37-34(21-20-30-28-9-3-6-15-36(28)45-39(30)37)43(33)40-41-23-22-32(42-40)25-18-16-24(17-19-25)26-11-7-12-29-27-8-2-5-14-35(27)44-38(26)29/h1-23H. The molecule has 0 N–H and O–H groups in total. The van der Waals surface area contributed by atoms with Gasteiger partial charge in [-0.1, -0.05) is 103 Å². The van der Waals surface area contributed by atoms with Crippen molar-refractivity contribution in [1.29, 1.82) is 0 Å². The summed E-state index contributed by atoms with van der Waals surface area (Å²) in [4.78, 5) is 9.95. The van der Waals surface area contributed by atoms with E-state index < -0.39 is 0 Å². The van der Waals surface area contributed by atoms with Crippen molar-refractivity contribution in [2.45, 2.75) is 0 Å². The normalized spacial score (nSPS) is 12.0. The molecular formula is C40H23N3S2. The summed E-state index contributed by atoms with van der Waals surface area (Å²) in [5.74, 6) is 0.679. The molecule has 5 heteroatoms. The third-order valence-electron chi connectivity index (χ3n) is 8.92. The Morgan fingerprint density at radius 1 is 0.467 bits per heavy atom. The lowest BCUT2D eigenvalue weighted by molar-refractivity contribution is 0.992. The number of nitrogens with zero attached hydrogens (tertiary/aromatic N) is 3. The maximum Gasteiger partial charge on any atom is 0.235 e. The predicted molar refractivity (Wildman–Crippen MR) is 193 cm³/mol. The first-order valence-corrected chi connectivity index (χ1v) is 16.6. The van der Waals surface area contributed by atoms with Crippen LogP contribution in [0.1, 0.15) is 0 Å². The van der Waals surface area contributed by atoms with Gasteiger partial charge < -0.3 is 0 Å². The molecule has 10 aromatic rings. The minimum Gasteiger partial charge on any atom is -0.278 e. The summed E-state index contributed by atoms with van der Waals surface area (Å²) in [5, 5.41) is 7.73. The molecule has 0 aliphatic carbocycles. The maximum absolute atomic E-state index is 5.15. The molecule has 0 aliphatic heterocycles. The number of hydrogen-bond acceptors (Lipinski definition) is 4. The predicted octanol–water partition coefficient (Wildman–Crippen LogP) is 11.6. The van der Waals surface area contributed by atoms with Gasteiger partial charge in [0, 0.05) is 62.9 Å². The van der Waals surface area contributed by atoms with Crippen molar-refractivity contribution in [3.05, 3.63) is 140 Å². The van der Waals surface area contributed by atoms with Crippen LogP contribution in [-0.2, 0) is 0 Å². The summed E-state index contributed by atoms with van der Waals surface area (Å²) >= 11 is 3.73. The molecule has 0 aliphatic rings. The van der Waals surface area contributed by atoms with Crippen molar-refractivity contribution in [3.63, 3.8) is 0 Å². The Hall–Kier alpha value is -5.36. The van der Waals surface area contributed by atoms with Gasteiger partial charge in [0.25, 0.3) is 0 Å². The molecule has 0 amide bonds. The zero-order valence-electron chi connectivity index (χ0n) is 23.9. The van der Waals surface area contributed by atoms with Crippen LogP contribution < -0.4 is 0 Å². The number of para-hydroxylation sites is 1. The highest BCUT2D eigenvalue weighted by Gasteiger charge is 2.19. The van der Waals surface area contributed by atoms with E-state index >= 15 is 0 Å². The molecular weight excluding hydrogens is 587 g/mol. The first-order valence-electron chi connectivity index (χ1n) is 15.0.